The number of imidazole rings is 1. The molecule has 0 saturated heterocycles. The first kappa shape index (κ1) is 14.7. The van der Waals surface area contributed by atoms with E-state index < -0.39 is 10.0 Å². The van der Waals surface area contributed by atoms with Crippen LogP contribution in [-0.2, 0) is 17.1 Å². The van der Waals surface area contributed by atoms with Crippen LogP contribution >= 0.6 is 0 Å². The molecule has 0 fully saturated rings. The molecule has 0 aromatic carbocycles. The van der Waals surface area contributed by atoms with Crippen LogP contribution in [0.15, 0.2) is 11.2 Å². The Labute approximate surface area is 107 Å². The van der Waals surface area contributed by atoms with Gasteiger partial charge in [0.25, 0.3) is 10.0 Å². The molecule has 0 amide bonds. The van der Waals surface area contributed by atoms with Crippen LogP contribution in [0.1, 0.15) is 25.1 Å². The van der Waals surface area contributed by atoms with Gasteiger partial charge in [-0.1, -0.05) is 0 Å². The highest BCUT2D eigenvalue weighted by Gasteiger charge is 2.17. The monoisotopic (exact) mass is 273 g/mol. The van der Waals surface area contributed by atoms with Gasteiger partial charge >= 0.3 is 0 Å². The summed E-state index contributed by atoms with van der Waals surface area (Å²) >= 11 is 0. The van der Waals surface area contributed by atoms with E-state index in [0.29, 0.717) is 31.6 Å². The van der Waals surface area contributed by atoms with Crippen LogP contribution < -0.4 is 10.5 Å². The summed E-state index contributed by atoms with van der Waals surface area (Å²) in [6.45, 7) is 2.07. The Bertz CT molecular complexity index is 501. The van der Waals surface area contributed by atoms with Crippen LogP contribution in [0.3, 0.4) is 0 Å². The van der Waals surface area contributed by atoms with Crippen molar-refractivity contribution in [2.45, 2.75) is 31.2 Å². The summed E-state index contributed by atoms with van der Waals surface area (Å²) in [5.41, 5.74) is 5.20. The predicted molar refractivity (Wildman–Crippen MR) is 68.9 cm³/mol. The van der Waals surface area contributed by atoms with Gasteiger partial charge in [-0.2, -0.15) is 0 Å². The number of nitrogens with one attached hydrogen (secondary N) is 2. The summed E-state index contributed by atoms with van der Waals surface area (Å²) in [5.74, 6) is 0.769. The van der Waals surface area contributed by atoms with E-state index in [0.717, 1.165) is 0 Å². The van der Waals surface area contributed by atoms with Gasteiger partial charge in [0.05, 0.1) is 5.84 Å². The summed E-state index contributed by atoms with van der Waals surface area (Å²) in [7, 11) is -1.79. The number of sulfonamides is 1. The molecular weight excluding hydrogens is 254 g/mol. The number of nitrogens with two attached hydrogens (primary N) is 1. The van der Waals surface area contributed by atoms with Gasteiger partial charge in [-0.25, -0.2) is 18.1 Å². The van der Waals surface area contributed by atoms with Crippen molar-refractivity contribution >= 4 is 15.9 Å². The zero-order chi connectivity index (χ0) is 13.8. The lowest BCUT2D eigenvalue weighted by atomic mass is 10.2. The molecule has 0 atom stereocenters. The second-order valence-corrected chi connectivity index (χ2v) is 5.83. The number of aromatic nitrogens is 2. The van der Waals surface area contributed by atoms with Gasteiger partial charge in [-0.15, -0.1) is 0 Å². The zero-order valence-electron chi connectivity index (χ0n) is 10.6. The van der Waals surface area contributed by atoms with Crippen LogP contribution in [-0.4, -0.2) is 30.3 Å². The first-order valence-corrected chi connectivity index (χ1v) is 7.14. The average molecular weight is 273 g/mol. The number of unbranched alkanes of at least 4 members (excludes halogenated alkanes) is 1. The topological polar surface area (TPSA) is 114 Å². The molecule has 102 valence electrons. The zero-order valence-corrected chi connectivity index (χ0v) is 11.4. The van der Waals surface area contributed by atoms with Crippen LogP contribution in [0.2, 0.25) is 0 Å². The normalized spacial score (nSPS) is 11.7. The maximum atomic E-state index is 11.8. The van der Waals surface area contributed by atoms with Crippen LogP contribution in [0.4, 0.5) is 0 Å². The lowest BCUT2D eigenvalue weighted by Gasteiger charge is -2.03. The Morgan fingerprint density at radius 3 is 2.72 bits per heavy atom. The van der Waals surface area contributed by atoms with E-state index in [1.165, 1.54) is 6.20 Å². The lowest BCUT2D eigenvalue weighted by molar-refractivity contribution is 0.574. The molecular formula is C10H19N5O2S. The second-order valence-electron chi connectivity index (χ2n) is 4.12. The Hall–Kier alpha value is -1.41. The fourth-order valence-corrected chi connectivity index (χ4v) is 2.49. The van der Waals surface area contributed by atoms with E-state index in [4.69, 9.17) is 11.1 Å². The molecule has 0 bridgehead atoms. The third-order valence-corrected chi connectivity index (χ3v) is 3.86. The maximum absolute atomic E-state index is 11.8. The van der Waals surface area contributed by atoms with E-state index in [1.54, 1.807) is 18.5 Å². The van der Waals surface area contributed by atoms with Gasteiger partial charge in [-0.05, 0) is 19.8 Å². The number of nitrogens with zero attached hydrogens (tertiary/aromatic N) is 2. The summed E-state index contributed by atoms with van der Waals surface area (Å²) in [6.07, 6.45) is 3.31. The van der Waals surface area contributed by atoms with Gasteiger partial charge in [0, 0.05) is 26.2 Å². The fourth-order valence-electron chi connectivity index (χ4n) is 1.38. The number of hydrogen-bond acceptors (Lipinski definition) is 4. The van der Waals surface area contributed by atoms with Crippen molar-refractivity contribution in [3.63, 3.8) is 0 Å². The van der Waals surface area contributed by atoms with Crippen molar-refractivity contribution < 1.29 is 8.42 Å². The molecule has 0 radical (unpaired) electrons. The van der Waals surface area contributed by atoms with Gasteiger partial charge in [-0.3, -0.25) is 5.41 Å². The molecule has 0 aliphatic heterocycles. The summed E-state index contributed by atoms with van der Waals surface area (Å²) in [6, 6.07) is 0. The highest BCUT2D eigenvalue weighted by molar-refractivity contribution is 7.89. The molecule has 1 heterocycles. The predicted octanol–water partition coefficient (Wildman–Crippen LogP) is 0.113. The summed E-state index contributed by atoms with van der Waals surface area (Å²) < 4.78 is 27.8. The largest absolute Gasteiger partial charge is 0.388 e. The molecule has 1 aromatic rings. The van der Waals surface area contributed by atoms with Crippen LogP contribution in [0, 0.1) is 12.3 Å². The Balaban J connectivity index is 2.48. The highest BCUT2D eigenvalue weighted by Crippen LogP contribution is 2.07. The molecule has 0 saturated carbocycles. The highest BCUT2D eigenvalue weighted by atomic mass is 32.2. The Morgan fingerprint density at radius 1 is 1.56 bits per heavy atom. The van der Waals surface area contributed by atoms with Crippen molar-refractivity contribution in [1.82, 2.24) is 14.3 Å². The average Bonchev–Trinajstić information content (AvgIpc) is 2.59. The van der Waals surface area contributed by atoms with Crippen molar-refractivity contribution in [2.75, 3.05) is 6.54 Å². The van der Waals surface area contributed by atoms with E-state index in [2.05, 4.69) is 9.71 Å². The minimum atomic E-state index is -3.53. The molecule has 18 heavy (non-hydrogen) atoms. The van der Waals surface area contributed by atoms with Gasteiger partial charge in [0.2, 0.25) is 0 Å². The number of amidine groups is 1. The van der Waals surface area contributed by atoms with Gasteiger partial charge in [0.1, 0.15) is 5.82 Å². The molecule has 7 nitrogen and oxygen atoms in total. The Morgan fingerprint density at radius 2 is 2.22 bits per heavy atom. The van der Waals surface area contributed by atoms with Crippen molar-refractivity contribution in [3.05, 3.63) is 12.0 Å². The van der Waals surface area contributed by atoms with Gasteiger partial charge < -0.3 is 10.3 Å². The number of aryl methyl sites for hydroxylation is 2. The first-order valence-electron chi connectivity index (χ1n) is 5.65. The van der Waals surface area contributed by atoms with Crippen LogP contribution in [0.25, 0.3) is 0 Å². The van der Waals surface area contributed by atoms with Crippen molar-refractivity contribution in [2.24, 2.45) is 12.8 Å². The first-order chi connectivity index (χ1) is 8.33. The third kappa shape index (κ3) is 4.11. The van der Waals surface area contributed by atoms with E-state index >= 15 is 0 Å². The fraction of sp³-hybridized carbons (Fsp3) is 0.600. The molecule has 0 aliphatic rings. The quantitative estimate of drug-likeness (QED) is 0.372. The van der Waals surface area contributed by atoms with Crippen molar-refractivity contribution in [1.29, 1.82) is 5.41 Å². The van der Waals surface area contributed by atoms with E-state index in [9.17, 15) is 8.42 Å². The van der Waals surface area contributed by atoms with Crippen LogP contribution in [0.5, 0.6) is 0 Å². The van der Waals surface area contributed by atoms with Crippen molar-refractivity contribution in [3.8, 4) is 0 Å². The smallest absolute Gasteiger partial charge is 0.259 e. The summed E-state index contributed by atoms with van der Waals surface area (Å²) in [5, 5.41) is 7.08. The van der Waals surface area contributed by atoms with Gasteiger partial charge in [0.15, 0.2) is 5.03 Å². The lowest BCUT2D eigenvalue weighted by Crippen LogP contribution is -2.25. The number of rotatable bonds is 7. The Kier molecular flexibility index (Phi) is 4.85. The minimum Gasteiger partial charge on any atom is -0.388 e. The van der Waals surface area contributed by atoms with E-state index in [-0.39, 0.29) is 10.9 Å². The SMILES string of the molecule is Cc1nc(S(=O)(=O)NCCCCC(=N)N)cn1C. The molecule has 1 rings (SSSR count). The third-order valence-electron chi connectivity index (χ3n) is 2.53. The molecule has 8 heteroatoms. The minimum absolute atomic E-state index is 0.0362. The summed E-state index contributed by atoms with van der Waals surface area (Å²) in [4.78, 5) is 3.97. The number of hydrogen-bond donors (Lipinski definition) is 3. The standard InChI is InChI=1S/C10H19N5O2S/c1-8-14-10(7-15(8)2)18(16,17)13-6-4-3-5-9(11)12/h7,13H,3-6H2,1-2H3,(H3,11,12). The molecule has 0 spiro atoms. The molecule has 0 aliphatic carbocycles. The maximum Gasteiger partial charge on any atom is 0.259 e. The second kappa shape index (κ2) is 5.96. The molecule has 0 unspecified atom stereocenters. The van der Waals surface area contributed by atoms with E-state index in [1.807, 2.05) is 0 Å². The molecule has 4 N–H and O–H groups in total. The molecule has 1 aromatic heterocycles.